The third-order valence-electron chi connectivity index (χ3n) is 3.72. The lowest BCUT2D eigenvalue weighted by atomic mass is 10.0. The van der Waals surface area contributed by atoms with Gasteiger partial charge in [0.1, 0.15) is 11.6 Å². The minimum atomic E-state index is -0.521. The third-order valence-corrected chi connectivity index (χ3v) is 3.72. The molecule has 0 fully saturated rings. The van der Waals surface area contributed by atoms with Crippen molar-refractivity contribution in [3.63, 3.8) is 0 Å². The van der Waals surface area contributed by atoms with Gasteiger partial charge in [0.05, 0.1) is 4.92 Å². The quantitative estimate of drug-likeness (QED) is 0.622. The van der Waals surface area contributed by atoms with E-state index in [9.17, 15) is 10.1 Å². The summed E-state index contributed by atoms with van der Waals surface area (Å²) in [5.41, 5.74) is 3.15. The number of nitrogens with zero attached hydrogens (tertiary/aromatic N) is 3. The zero-order valence-electron chi connectivity index (χ0n) is 11.3. The molecule has 1 aliphatic heterocycles. The van der Waals surface area contributed by atoms with Crippen molar-refractivity contribution in [1.82, 2.24) is 0 Å². The molecule has 2 aromatic rings. The zero-order chi connectivity index (χ0) is 14.8. The van der Waals surface area contributed by atoms with Gasteiger partial charge in [-0.25, -0.2) is 0 Å². The zero-order valence-corrected chi connectivity index (χ0v) is 11.3. The number of anilines is 2. The van der Waals surface area contributed by atoms with Gasteiger partial charge in [-0.1, -0.05) is 18.2 Å². The molecule has 1 heterocycles. The second-order valence-corrected chi connectivity index (χ2v) is 4.95. The fraction of sp³-hybridized carbons (Fsp3) is 0.188. The molecule has 1 aliphatic rings. The van der Waals surface area contributed by atoms with E-state index in [2.05, 4.69) is 11.0 Å². The van der Waals surface area contributed by atoms with E-state index < -0.39 is 4.92 Å². The fourth-order valence-corrected chi connectivity index (χ4v) is 2.74. The Balaban J connectivity index is 2.07. The summed E-state index contributed by atoms with van der Waals surface area (Å²) in [6, 6.07) is 14.8. The number of hydrogen-bond donors (Lipinski definition) is 0. The van der Waals surface area contributed by atoms with Gasteiger partial charge in [-0.2, -0.15) is 5.26 Å². The molecule has 0 spiro atoms. The molecular weight excluding hydrogens is 266 g/mol. The molecule has 21 heavy (non-hydrogen) atoms. The molecule has 0 amide bonds. The van der Waals surface area contributed by atoms with E-state index in [1.54, 1.807) is 12.1 Å². The summed E-state index contributed by atoms with van der Waals surface area (Å²) in [4.78, 5) is 12.5. The van der Waals surface area contributed by atoms with Crippen molar-refractivity contribution in [2.75, 3.05) is 11.4 Å². The van der Waals surface area contributed by atoms with Crippen LogP contribution in [-0.4, -0.2) is 11.5 Å². The molecule has 0 aromatic heterocycles. The predicted octanol–water partition coefficient (Wildman–Crippen LogP) is 3.55. The molecule has 0 saturated heterocycles. The van der Waals surface area contributed by atoms with Gasteiger partial charge in [0.2, 0.25) is 0 Å². The average Bonchev–Trinajstić information content (AvgIpc) is 2.53. The first-order chi connectivity index (χ1) is 10.2. The van der Waals surface area contributed by atoms with Crippen LogP contribution in [0.2, 0.25) is 0 Å². The lowest BCUT2D eigenvalue weighted by Gasteiger charge is -2.31. The maximum atomic E-state index is 10.9. The summed E-state index contributed by atoms with van der Waals surface area (Å²) >= 11 is 0. The van der Waals surface area contributed by atoms with Crippen molar-refractivity contribution in [3.8, 4) is 6.07 Å². The van der Waals surface area contributed by atoms with Gasteiger partial charge in [0.15, 0.2) is 0 Å². The van der Waals surface area contributed by atoms with Gasteiger partial charge in [0.25, 0.3) is 5.69 Å². The van der Waals surface area contributed by atoms with Gasteiger partial charge in [0, 0.05) is 24.0 Å². The average molecular weight is 279 g/mol. The minimum absolute atomic E-state index is 0.0977. The molecule has 0 radical (unpaired) electrons. The predicted molar refractivity (Wildman–Crippen MR) is 79.6 cm³/mol. The van der Waals surface area contributed by atoms with Crippen LogP contribution >= 0.6 is 0 Å². The van der Waals surface area contributed by atoms with Crippen molar-refractivity contribution in [2.45, 2.75) is 12.8 Å². The lowest BCUT2D eigenvalue weighted by molar-refractivity contribution is -0.385. The van der Waals surface area contributed by atoms with Crippen molar-refractivity contribution >= 4 is 17.1 Å². The smallest absolute Gasteiger partial charge is 0.287 e. The molecule has 0 N–H and O–H groups in total. The normalized spacial score (nSPS) is 13.4. The van der Waals surface area contributed by atoms with Crippen LogP contribution in [0, 0.1) is 21.4 Å². The first kappa shape index (κ1) is 13.1. The number of nitriles is 1. The molecule has 0 saturated carbocycles. The van der Waals surface area contributed by atoms with E-state index in [1.165, 1.54) is 11.6 Å². The van der Waals surface area contributed by atoms with Crippen molar-refractivity contribution in [3.05, 3.63) is 63.7 Å². The van der Waals surface area contributed by atoms with E-state index in [0.717, 1.165) is 30.8 Å². The van der Waals surface area contributed by atoms with Crippen molar-refractivity contribution in [1.29, 1.82) is 5.26 Å². The summed E-state index contributed by atoms with van der Waals surface area (Å²) in [7, 11) is 0. The Hall–Kier alpha value is -2.87. The Kier molecular flexibility index (Phi) is 3.28. The standard InChI is InChI=1S/C16H13N3O2/c17-11-13-10-14(7-8-16(13)19(20)21)18-9-3-5-12-4-1-2-6-15(12)18/h1-2,4,6-8,10H,3,5,9H2. The summed E-state index contributed by atoms with van der Waals surface area (Å²) in [5, 5.41) is 20.0. The van der Waals surface area contributed by atoms with Gasteiger partial charge in [-0.3, -0.25) is 10.1 Å². The molecule has 0 atom stereocenters. The van der Waals surface area contributed by atoms with E-state index in [1.807, 2.05) is 24.3 Å². The molecular formula is C16H13N3O2. The number of para-hydroxylation sites is 1. The van der Waals surface area contributed by atoms with Gasteiger partial charge in [-0.05, 0) is 36.6 Å². The lowest BCUT2D eigenvalue weighted by Crippen LogP contribution is -2.24. The first-order valence-corrected chi connectivity index (χ1v) is 6.74. The Labute approximate surface area is 122 Å². The second kappa shape index (κ2) is 5.25. The number of hydrogen-bond acceptors (Lipinski definition) is 4. The van der Waals surface area contributed by atoms with E-state index >= 15 is 0 Å². The van der Waals surface area contributed by atoms with Crippen molar-refractivity contribution < 1.29 is 4.92 Å². The molecule has 0 aliphatic carbocycles. The molecule has 3 rings (SSSR count). The molecule has 0 bridgehead atoms. The van der Waals surface area contributed by atoms with Crippen LogP contribution in [0.25, 0.3) is 0 Å². The Morgan fingerprint density at radius 2 is 2.05 bits per heavy atom. The van der Waals surface area contributed by atoms with Gasteiger partial charge < -0.3 is 4.90 Å². The number of nitro benzene ring substituents is 1. The van der Waals surface area contributed by atoms with Crippen LogP contribution in [0.15, 0.2) is 42.5 Å². The molecule has 2 aromatic carbocycles. The third kappa shape index (κ3) is 2.32. The number of rotatable bonds is 2. The summed E-state index contributed by atoms with van der Waals surface area (Å²) in [6.45, 7) is 0.847. The van der Waals surface area contributed by atoms with Crippen LogP contribution in [0.1, 0.15) is 17.5 Å². The van der Waals surface area contributed by atoms with Crippen molar-refractivity contribution in [2.24, 2.45) is 0 Å². The van der Waals surface area contributed by atoms with Gasteiger partial charge in [-0.15, -0.1) is 0 Å². The Bertz CT molecular complexity index is 749. The monoisotopic (exact) mass is 279 g/mol. The minimum Gasteiger partial charge on any atom is -0.341 e. The van der Waals surface area contributed by atoms with Crippen LogP contribution < -0.4 is 4.90 Å². The Morgan fingerprint density at radius 3 is 2.81 bits per heavy atom. The largest absolute Gasteiger partial charge is 0.341 e. The molecule has 5 heteroatoms. The summed E-state index contributed by atoms with van der Waals surface area (Å²) < 4.78 is 0. The van der Waals surface area contributed by atoms with Crippen LogP contribution in [-0.2, 0) is 6.42 Å². The highest BCUT2D eigenvalue weighted by atomic mass is 16.6. The van der Waals surface area contributed by atoms with Crippen LogP contribution in [0.3, 0.4) is 0 Å². The fourth-order valence-electron chi connectivity index (χ4n) is 2.74. The van der Waals surface area contributed by atoms with E-state index in [4.69, 9.17) is 5.26 Å². The maximum absolute atomic E-state index is 10.9. The molecule has 5 nitrogen and oxygen atoms in total. The topological polar surface area (TPSA) is 70.2 Å². The summed E-state index contributed by atoms with van der Waals surface area (Å²) in [5.74, 6) is 0. The SMILES string of the molecule is N#Cc1cc(N2CCCc3ccccc32)ccc1[N+](=O)[O-]. The summed E-state index contributed by atoms with van der Waals surface area (Å²) in [6.07, 6.45) is 2.06. The second-order valence-electron chi connectivity index (χ2n) is 4.95. The highest BCUT2D eigenvalue weighted by Crippen LogP contribution is 2.35. The van der Waals surface area contributed by atoms with Crippen LogP contribution in [0.4, 0.5) is 17.1 Å². The molecule has 104 valence electrons. The Morgan fingerprint density at radius 1 is 1.24 bits per heavy atom. The first-order valence-electron chi connectivity index (χ1n) is 6.74. The van der Waals surface area contributed by atoms with Gasteiger partial charge >= 0.3 is 0 Å². The number of nitro groups is 1. The maximum Gasteiger partial charge on any atom is 0.287 e. The molecule has 0 unspecified atom stereocenters. The number of aryl methyl sites for hydroxylation is 1. The number of benzene rings is 2. The van der Waals surface area contributed by atoms with Crippen LogP contribution in [0.5, 0.6) is 0 Å². The van der Waals surface area contributed by atoms with E-state index in [0.29, 0.717) is 0 Å². The highest BCUT2D eigenvalue weighted by Gasteiger charge is 2.20. The van der Waals surface area contributed by atoms with E-state index in [-0.39, 0.29) is 11.3 Å². The number of fused-ring (bicyclic) bond motifs is 1. The highest BCUT2D eigenvalue weighted by molar-refractivity contribution is 5.70.